The van der Waals surface area contributed by atoms with Crippen molar-refractivity contribution in [2.75, 3.05) is 0 Å². The lowest BCUT2D eigenvalue weighted by molar-refractivity contribution is -0.144. The van der Waals surface area contributed by atoms with Gasteiger partial charge in [-0.15, -0.1) is 12.3 Å². The highest BCUT2D eigenvalue weighted by molar-refractivity contribution is 5.87. The average Bonchev–Trinajstić information content (AvgIpc) is 2.77. The van der Waals surface area contributed by atoms with E-state index in [9.17, 15) is 9.59 Å². The number of carbonyl (C=O) groups is 2. The van der Waals surface area contributed by atoms with E-state index >= 15 is 0 Å². The first-order valence-electron chi connectivity index (χ1n) is 6.88. The van der Waals surface area contributed by atoms with Crippen molar-refractivity contribution < 1.29 is 14.7 Å². The van der Waals surface area contributed by atoms with Crippen LogP contribution in [0.4, 0.5) is 0 Å². The van der Waals surface area contributed by atoms with Gasteiger partial charge in [-0.2, -0.15) is 0 Å². The Morgan fingerprint density at radius 1 is 1.37 bits per heavy atom. The minimum atomic E-state index is -1.07. The molecule has 0 bridgehead atoms. The summed E-state index contributed by atoms with van der Waals surface area (Å²) in [4.78, 5) is 23.5. The lowest BCUT2D eigenvalue weighted by Crippen LogP contribution is -2.48. The van der Waals surface area contributed by atoms with Crippen LogP contribution in [0.5, 0.6) is 0 Å². The monoisotopic (exact) mass is 265 g/mol. The lowest BCUT2D eigenvalue weighted by atomic mass is 9.77. The quantitative estimate of drug-likeness (QED) is 0.723. The molecule has 1 atom stereocenters. The summed E-state index contributed by atoms with van der Waals surface area (Å²) in [5, 5.41) is 11.7. The predicted molar refractivity (Wildman–Crippen MR) is 73.4 cm³/mol. The zero-order valence-electron chi connectivity index (χ0n) is 11.7. The summed E-state index contributed by atoms with van der Waals surface area (Å²) in [5.41, 5.74) is -0.392. The third-order valence-corrected chi connectivity index (χ3v) is 3.77. The van der Waals surface area contributed by atoms with Gasteiger partial charge < -0.3 is 10.4 Å². The van der Waals surface area contributed by atoms with E-state index < -0.39 is 17.4 Å². The minimum Gasteiger partial charge on any atom is -0.480 e. The molecule has 0 aromatic heterocycles. The number of carboxylic acids is 1. The van der Waals surface area contributed by atoms with Crippen molar-refractivity contribution in [2.45, 2.75) is 58.4 Å². The van der Waals surface area contributed by atoms with Gasteiger partial charge in [0, 0.05) is 11.8 Å². The first-order chi connectivity index (χ1) is 8.91. The second kappa shape index (κ2) is 6.60. The molecule has 0 radical (unpaired) electrons. The molecule has 1 fully saturated rings. The molecule has 0 aromatic rings. The summed E-state index contributed by atoms with van der Waals surface area (Å²) < 4.78 is 0. The first kappa shape index (κ1) is 15.6. The second-order valence-electron chi connectivity index (χ2n) is 5.86. The van der Waals surface area contributed by atoms with Gasteiger partial charge in [-0.25, -0.2) is 4.79 Å². The summed E-state index contributed by atoms with van der Waals surface area (Å²) in [5.74, 6) is 1.52. The molecule has 0 aromatic carbocycles. The Balaban J connectivity index is 2.77. The van der Waals surface area contributed by atoms with Crippen molar-refractivity contribution in [3.8, 4) is 12.3 Å². The van der Waals surface area contributed by atoms with E-state index in [0.29, 0.717) is 5.92 Å². The number of rotatable bonds is 6. The Bertz CT molecular complexity index is 375. The van der Waals surface area contributed by atoms with Crippen LogP contribution in [0.15, 0.2) is 0 Å². The van der Waals surface area contributed by atoms with E-state index in [-0.39, 0.29) is 12.3 Å². The maximum absolute atomic E-state index is 12.4. The standard InChI is InChI=1S/C15H23NO3/c1-4-7-12(13(17)18)16-14(19)15(10-11(2)3)8-5-6-9-15/h1,11-12H,5-10H2,2-3H3,(H,16,19)(H,17,18). The molecule has 2 N–H and O–H groups in total. The Kier molecular flexibility index (Phi) is 5.41. The fourth-order valence-corrected chi connectivity index (χ4v) is 2.99. The molecular weight excluding hydrogens is 242 g/mol. The van der Waals surface area contributed by atoms with Crippen LogP contribution in [0, 0.1) is 23.7 Å². The van der Waals surface area contributed by atoms with Gasteiger partial charge in [-0.05, 0) is 25.2 Å². The molecule has 1 aliphatic rings. The van der Waals surface area contributed by atoms with Crippen LogP contribution < -0.4 is 5.32 Å². The zero-order valence-corrected chi connectivity index (χ0v) is 11.7. The number of hydrogen-bond donors (Lipinski definition) is 2. The van der Waals surface area contributed by atoms with E-state index in [0.717, 1.165) is 32.1 Å². The molecular formula is C15H23NO3. The lowest BCUT2D eigenvalue weighted by Gasteiger charge is -2.30. The molecule has 0 spiro atoms. The fourth-order valence-electron chi connectivity index (χ4n) is 2.99. The third kappa shape index (κ3) is 3.99. The number of hydrogen-bond acceptors (Lipinski definition) is 2. The maximum atomic E-state index is 12.4. The molecule has 0 aliphatic heterocycles. The normalized spacial score (nSPS) is 18.8. The highest BCUT2D eigenvalue weighted by Gasteiger charge is 2.42. The van der Waals surface area contributed by atoms with Crippen molar-refractivity contribution in [1.82, 2.24) is 5.32 Å². The van der Waals surface area contributed by atoms with E-state index in [2.05, 4.69) is 25.1 Å². The third-order valence-electron chi connectivity index (χ3n) is 3.77. The van der Waals surface area contributed by atoms with Gasteiger partial charge >= 0.3 is 5.97 Å². The second-order valence-corrected chi connectivity index (χ2v) is 5.86. The van der Waals surface area contributed by atoms with Crippen molar-refractivity contribution in [2.24, 2.45) is 11.3 Å². The molecule has 106 valence electrons. The Morgan fingerprint density at radius 3 is 2.37 bits per heavy atom. The van der Waals surface area contributed by atoms with Gasteiger partial charge in [-0.3, -0.25) is 4.79 Å². The van der Waals surface area contributed by atoms with Gasteiger partial charge in [0.15, 0.2) is 0 Å². The van der Waals surface area contributed by atoms with E-state index in [1.54, 1.807) is 0 Å². The molecule has 1 amide bonds. The Hall–Kier alpha value is -1.50. The van der Waals surface area contributed by atoms with Crippen LogP contribution in [0.25, 0.3) is 0 Å². The van der Waals surface area contributed by atoms with E-state index in [1.807, 2.05) is 0 Å². The highest BCUT2D eigenvalue weighted by Crippen LogP contribution is 2.43. The molecule has 4 nitrogen and oxygen atoms in total. The molecule has 1 unspecified atom stereocenters. The van der Waals surface area contributed by atoms with Crippen molar-refractivity contribution in [3.63, 3.8) is 0 Å². The number of amides is 1. The van der Waals surface area contributed by atoms with E-state index in [1.165, 1.54) is 0 Å². The summed E-state index contributed by atoms with van der Waals surface area (Å²) >= 11 is 0. The van der Waals surface area contributed by atoms with Crippen molar-refractivity contribution in [1.29, 1.82) is 0 Å². The van der Waals surface area contributed by atoms with Crippen molar-refractivity contribution in [3.05, 3.63) is 0 Å². The van der Waals surface area contributed by atoms with Crippen LogP contribution in [0.2, 0.25) is 0 Å². The average molecular weight is 265 g/mol. The Morgan fingerprint density at radius 2 is 1.95 bits per heavy atom. The van der Waals surface area contributed by atoms with Gasteiger partial charge in [-0.1, -0.05) is 26.7 Å². The van der Waals surface area contributed by atoms with Crippen molar-refractivity contribution >= 4 is 11.9 Å². The molecule has 1 saturated carbocycles. The van der Waals surface area contributed by atoms with Crippen LogP contribution in [0.1, 0.15) is 52.4 Å². The van der Waals surface area contributed by atoms with Gasteiger partial charge in [0.25, 0.3) is 0 Å². The number of terminal acetylenes is 1. The number of carbonyl (C=O) groups excluding carboxylic acids is 1. The summed E-state index contributed by atoms with van der Waals surface area (Å²) in [6.45, 7) is 4.17. The summed E-state index contributed by atoms with van der Waals surface area (Å²) in [6, 6.07) is -0.970. The van der Waals surface area contributed by atoms with Gasteiger partial charge in [0.1, 0.15) is 6.04 Å². The molecule has 19 heavy (non-hydrogen) atoms. The fraction of sp³-hybridized carbons (Fsp3) is 0.733. The summed E-state index contributed by atoms with van der Waals surface area (Å²) in [7, 11) is 0. The first-order valence-corrected chi connectivity index (χ1v) is 6.88. The maximum Gasteiger partial charge on any atom is 0.327 e. The number of aliphatic carboxylic acids is 1. The smallest absolute Gasteiger partial charge is 0.327 e. The molecule has 0 saturated heterocycles. The predicted octanol–water partition coefficient (Wildman–Crippen LogP) is 2.19. The van der Waals surface area contributed by atoms with Gasteiger partial charge in [0.2, 0.25) is 5.91 Å². The van der Waals surface area contributed by atoms with Crippen LogP contribution in [-0.2, 0) is 9.59 Å². The van der Waals surface area contributed by atoms with Crippen LogP contribution in [0.3, 0.4) is 0 Å². The molecule has 1 aliphatic carbocycles. The van der Waals surface area contributed by atoms with Crippen LogP contribution in [-0.4, -0.2) is 23.0 Å². The van der Waals surface area contributed by atoms with Gasteiger partial charge in [0.05, 0.1) is 0 Å². The summed E-state index contributed by atoms with van der Waals surface area (Å²) in [6.07, 6.45) is 9.74. The number of carboxylic acid groups (broad SMARTS) is 1. The minimum absolute atomic E-state index is 0.0266. The molecule has 4 heteroatoms. The Labute approximate surface area is 115 Å². The molecule has 0 heterocycles. The number of nitrogens with one attached hydrogen (secondary N) is 1. The SMILES string of the molecule is C#CCC(NC(=O)C1(CC(C)C)CCCC1)C(=O)O. The van der Waals surface area contributed by atoms with Crippen LogP contribution >= 0.6 is 0 Å². The largest absolute Gasteiger partial charge is 0.480 e. The molecule has 1 rings (SSSR count). The van der Waals surface area contributed by atoms with E-state index in [4.69, 9.17) is 11.5 Å². The zero-order chi connectivity index (χ0) is 14.5. The highest BCUT2D eigenvalue weighted by atomic mass is 16.4. The topological polar surface area (TPSA) is 66.4 Å².